The van der Waals surface area contributed by atoms with E-state index in [4.69, 9.17) is 4.42 Å². The van der Waals surface area contributed by atoms with E-state index in [2.05, 4.69) is 24.1 Å². The molecule has 6 nitrogen and oxygen atoms in total. The third kappa shape index (κ3) is 3.53. The number of aliphatic hydroxyl groups excluding tert-OH is 1. The summed E-state index contributed by atoms with van der Waals surface area (Å²) in [6, 6.07) is 4.30. The second-order valence-electron chi connectivity index (χ2n) is 13.1. The molecule has 0 bridgehead atoms. The topological polar surface area (TPSA) is 85.9 Å². The van der Waals surface area contributed by atoms with Crippen molar-refractivity contribution in [3.05, 3.63) is 34.4 Å². The molecule has 4 aliphatic carbocycles. The van der Waals surface area contributed by atoms with Crippen LogP contribution in [0.25, 0.3) is 0 Å². The third-order valence-corrected chi connectivity index (χ3v) is 12.0. The molecular formula is C29H44N2O4. The Balaban J connectivity index is 1.23. The number of fused-ring (bicyclic) bond motifs is 5. The summed E-state index contributed by atoms with van der Waals surface area (Å²) in [7, 11) is 0. The van der Waals surface area contributed by atoms with E-state index in [0.29, 0.717) is 29.2 Å². The zero-order valence-electron chi connectivity index (χ0n) is 21.5. The first-order chi connectivity index (χ1) is 16.8. The number of nitrogens with one attached hydrogen (secondary N) is 1. The Hall–Kier alpha value is -1.21. The number of hydrogen-bond acceptors (Lipinski definition) is 6. The second kappa shape index (κ2) is 8.68. The zero-order valence-corrected chi connectivity index (χ0v) is 21.5. The van der Waals surface area contributed by atoms with E-state index in [1.165, 1.54) is 38.2 Å². The lowest BCUT2D eigenvalue weighted by atomic mass is 9.43. The lowest BCUT2D eigenvalue weighted by molar-refractivity contribution is -0.204. The number of piperazine rings is 1. The summed E-state index contributed by atoms with van der Waals surface area (Å²) in [5.41, 5.74) is 0.280. The fraction of sp³-hybridized carbons (Fsp3) is 0.828. The van der Waals surface area contributed by atoms with E-state index in [1.54, 1.807) is 6.26 Å². The highest BCUT2D eigenvalue weighted by Crippen LogP contribution is 2.70. The van der Waals surface area contributed by atoms with Crippen LogP contribution in [0.5, 0.6) is 0 Å². The maximum Gasteiger partial charge on any atom is 0.335 e. The van der Waals surface area contributed by atoms with Crippen LogP contribution in [0.2, 0.25) is 0 Å². The molecule has 0 radical (unpaired) electrons. The highest BCUT2D eigenvalue weighted by atomic mass is 16.4. The van der Waals surface area contributed by atoms with Crippen LogP contribution in [0, 0.1) is 28.6 Å². The van der Waals surface area contributed by atoms with Crippen molar-refractivity contribution in [2.45, 2.75) is 95.2 Å². The van der Waals surface area contributed by atoms with Gasteiger partial charge in [0.15, 0.2) is 0 Å². The van der Waals surface area contributed by atoms with E-state index in [9.17, 15) is 15.0 Å². The van der Waals surface area contributed by atoms with E-state index in [1.807, 2.05) is 6.07 Å². The predicted molar refractivity (Wildman–Crippen MR) is 135 cm³/mol. The van der Waals surface area contributed by atoms with E-state index in [-0.39, 0.29) is 29.6 Å². The molecule has 4 saturated carbocycles. The molecule has 6 heteroatoms. The lowest BCUT2D eigenvalue weighted by Crippen LogP contribution is -2.63. The Morgan fingerprint density at radius 2 is 1.94 bits per heavy atom. The largest absolute Gasteiger partial charge is 0.431 e. The van der Waals surface area contributed by atoms with Gasteiger partial charge in [-0.05, 0) is 98.5 Å². The smallest absolute Gasteiger partial charge is 0.335 e. The summed E-state index contributed by atoms with van der Waals surface area (Å²) >= 11 is 0. The monoisotopic (exact) mass is 484 g/mol. The molecule has 0 unspecified atom stereocenters. The van der Waals surface area contributed by atoms with Gasteiger partial charge in [-0.25, -0.2) is 4.79 Å². The summed E-state index contributed by atoms with van der Waals surface area (Å²) < 4.78 is 5.24. The molecule has 6 rings (SSSR count). The van der Waals surface area contributed by atoms with Crippen molar-refractivity contribution < 1.29 is 14.6 Å². The van der Waals surface area contributed by atoms with Gasteiger partial charge in [0.25, 0.3) is 0 Å². The van der Waals surface area contributed by atoms with Gasteiger partial charge in [0.2, 0.25) is 0 Å². The van der Waals surface area contributed by atoms with Crippen LogP contribution >= 0.6 is 0 Å². The first-order valence-electron chi connectivity index (χ1n) is 14.2. The highest BCUT2D eigenvalue weighted by Gasteiger charge is 2.67. The predicted octanol–water partition coefficient (Wildman–Crippen LogP) is 3.52. The minimum atomic E-state index is -0.637. The molecule has 1 aromatic heterocycles. The van der Waals surface area contributed by atoms with Crippen molar-refractivity contribution in [3.8, 4) is 0 Å². The number of aliphatic hydroxyl groups is 2. The van der Waals surface area contributed by atoms with Crippen LogP contribution < -0.4 is 10.9 Å². The first kappa shape index (κ1) is 24.1. The molecule has 5 aliphatic rings. The summed E-state index contributed by atoms with van der Waals surface area (Å²) in [6.07, 6.45) is 11.8. The molecule has 1 aliphatic heterocycles. The van der Waals surface area contributed by atoms with Gasteiger partial charge in [0, 0.05) is 43.2 Å². The standard InChI is InChI=1S/C29H44N2O4/c1-27-10-7-21(31-14-13-30-16-22(31)17-32)15-20(27)4-5-25-24(27)8-11-28(2)23(9-12-29(25,28)34)19-3-6-26(33)35-18-19/h3,6,18,20-25,30,32,34H,4-5,7-17H2,1-2H3/t20-,21+,22+,23-,24+,25-,27+,28-,29+/m1/s1. The van der Waals surface area contributed by atoms with Crippen LogP contribution in [-0.4, -0.2) is 59.0 Å². The molecule has 0 amide bonds. The first-order valence-corrected chi connectivity index (χ1v) is 14.2. The zero-order chi connectivity index (χ0) is 24.4. The molecule has 194 valence electrons. The minimum Gasteiger partial charge on any atom is -0.431 e. The maximum absolute atomic E-state index is 12.4. The summed E-state index contributed by atoms with van der Waals surface area (Å²) in [4.78, 5) is 14.1. The number of rotatable bonds is 3. The fourth-order valence-electron chi connectivity index (χ4n) is 10.0. The normalized spacial score (nSPS) is 48.1. The Morgan fingerprint density at radius 1 is 1.09 bits per heavy atom. The molecular weight excluding hydrogens is 440 g/mol. The average Bonchev–Trinajstić information content (AvgIpc) is 3.15. The molecule has 0 aromatic carbocycles. The van der Waals surface area contributed by atoms with Gasteiger partial charge in [0.1, 0.15) is 0 Å². The molecule has 9 atom stereocenters. The van der Waals surface area contributed by atoms with E-state index >= 15 is 0 Å². The third-order valence-electron chi connectivity index (χ3n) is 12.0. The SMILES string of the molecule is C[C@]12CC[C@H](N3CCNC[C@H]3CO)C[C@H]1CC[C@@H]1[C@@H]2CC[C@]2(C)[C@@H](c3ccc(=O)oc3)CC[C@]12O. The van der Waals surface area contributed by atoms with Gasteiger partial charge in [0.05, 0.1) is 18.5 Å². The van der Waals surface area contributed by atoms with Crippen molar-refractivity contribution in [3.63, 3.8) is 0 Å². The van der Waals surface area contributed by atoms with Gasteiger partial charge in [-0.15, -0.1) is 0 Å². The number of hydrogen-bond donors (Lipinski definition) is 3. The molecule has 1 saturated heterocycles. The van der Waals surface area contributed by atoms with Crippen molar-refractivity contribution in [2.24, 2.45) is 28.6 Å². The molecule has 3 N–H and O–H groups in total. The van der Waals surface area contributed by atoms with Crippen LogP contribution in [0.1, 0.15) is 83.1 Å². The van der Waals surface area contributed by atoms with Crippen molar-refractivity contribution in [1.29, 1.82) is 0 Å². The molecule has 1 aromatic rings. The summed E-state index contributed by atoms with van der Waals surface area (Å²) in [6.45, 7) is 8.08. The van der Waals surface area contributed by atoms with Gasteiger partial charge < -0.3 is 19.9 Å². The average molecular weight is 485 g/mol. The number of nitrogens with zero attached hydrogens (tertiary/aromatic N) is 1. The van der Waals surface area contributed by atoms with E-state index in [0.717, 1.165) is 50.9 Å². The highest BCUT2D eigenvalue weighted by molar-refractivity contribution is 5.27. The minimum absolute atomic E-state index is 0.163. The summed E-state index contributed by atoms with van der Waals surface area (Å²) in [5, 5.41) is 25.9. The second-order valence-corrected chi connectivity index (χ2v) is 13.1. The fourth-order valence-corrected chi connectivity index (χ4v) is 10.0. The van der Waals surface area contributed by atoms with Gasteiger partial charge in [-0.2, -0.15) is 0 Å². The van der Waals surface area contributed by atoms with E-state index < -0.39 is 5.60 Å². The Kier molecular flexibility index (Phi) is 5.99. The quantitative estimate of drug-likeness (QED) is 0.609. The van der Waals surface area contributed by atoms with Crippen LogP contribution in [-0.2, 0) is 0 Å². The summed E-state index contributed by atoms with van der Waals surface area (Å²) in [5.74, 6) is 1.92. The van der Waals surface area contributed by atoms with Gasteiger partial charge in [-0.3, -0.25) is 4.90 Å². The van der Waals surface area contributed by atoms with Crippen molar-refractivity contribution >= 4 is 0 Å². The van der Waals surface area contributed by atoms with Crippen LogP contribution in [0.15, 0.2) is 27.6 Å². The van der Waals surface area contributed by atoms with Crippen LogP contribution in [0.4, 0.5) is 0 Å². The van der Waals surface area contributed by atoms with Crippen LogP contribution in [0.3, 0.4) is 0 Å². The Bertz CT molecular complexity index is 977. The molecule has 0 spiro atoms. The van der Waals surface area contributed by atoms with Crippen molar-refractivity contribution in [2.75, 3.05) is 26.2 Å². The maximum atomic E-state index is 12.4. The molecule has 2 heterocycles. The molecule has 5 fully saturated rings. The van der Waals surface area contributed by atoms with Gasteiger partial charge in [-0.1, -0.05) is 13.8 Å². The molecule has 35 heavy (non-hydrogen) atoms. The Labute approximate surface area is 209 Å². The Morgan fingerprint density at radius 3 is 2.71 bits per heavy atom. The van der Waals surface area contributed by atoms with Crippen molar-refractivity contribution in [1.82, 2.24) is 10.2 Å². The van der Waals surface area contributed by atoms with Gasteiger partial charge >= 0.3 is 5.63 Å². The lowest BCUT2D eigenvalue weighted by Gasteiger charge is -2.64.